The Morgan fingerprint density at radius 3 is 2.25 bits per heavy atom. The van der Waals surface area contributed by atoms with Crippen molar-refractivity contribution < 1.29 is 14.4 Å². The molecule has 0 bridgehead atoms. The Morgan fingerprint density at radius 1 is 1.33 bits per heavy atom. The number of rotatable bonds is 1. The molecular formula is C9H8O3. The minimum absolute atomic E-state index is 0.295. The van der Waals surface area contributed by atoms with Crippen LogP contribution in [0.5, 0.6) is 0 Å². The topological polar surface area (TPSA) is 51.2 Å². The van der Waals surface area contributed by atoms with Crippen molar-refractivity contribution in [3.8, 4) is 12.3 Å². The van der Waals surface area contributed by atoms with E-state index >= 15 is 0 Å². The van der Waals surface area contributed by atoms with Gasteiger partial charge in [-0.15, -0.1) is 6.42 Å². The molecule has 1 rings (SSSR count). The van der Waals surface area contributed by atoms with Crippen molar-refractivity contribution >= 4 is 17.3 Å². The summed E-state index contributed by atoms with van der Waals surface area (Å²) in [4.78, 5) is 33.0. The molecule has 1 aliphatic rings. The van der Waals surface area contributed by atoms with Crippen LogP contribution in [0.3, 0.4) is 0 Å². The van der Waals surface area contributed by atoms with Gasteiger partial charge in [0.2, 0.25) is 5.78 Å². The van der Waals surface area contributed by atoms with Crippen molar-refractivity contribution in [2.45, 2.75) is 19.3 Å². The molecule has 0 saturated heterocycles. The summed E-state index contributed by atoms with van der Waals surface area (Å²) in [5.41, 5.74) is 0. The van der Waals surface area contributed by atoms with E-state index in [9.17, 15) is 14.4 Å². The van der Waals surface area contributed by atoms with Crippen LogP contribution in [0.4, 0.5) is 0 Å². The molecule has 0 aromatic rings. The molecule has 0 aromatic carbocycles. The van der Waals surface area contributed by atoms with E-state index < -0.39 is 11.7 Å². The largest absolute Gasteiger partial charge is 0.298 e. The van der Waals surface area contributed by atoms with Crippen LogP contribution in [0.2, 0.25) is 0 Å². The summed E-state index contributed by atoms with van der Waals surface area (Å²) < 4.78 is 0. The molecule has 3 nitrogen and oxygen atoms in total. The highest BCUT2D eigenvalue weighted by molar-refractivity contribution is 6.24. The van der Waals surface area contributed by atoms with Gasteiger partial charge in [-0.2, -0.15) is 0 Å². The van der Waals surface area contributed by atoms with Crippen LogP contribution < -0.4 is 0 Å². The van der Waals surface area contributed by atoms with Crippen LogP contribution in [0.1, 0.15) is 19.3 Å². The smallest absolute Gasteiger partial charge is 0.223 e. The van der Waals surface area contributed by atoms with Crippen molar-refractivity contribution in [1.82, 2.24) is 0 Å². The van der Waals surface area contributed by atoms with Gasteiger partial charge in [-0.25, -0.2) is 0 Å². The first kappa shape index (κ1) is 8.66. The molecule has 0 aliphatic heterocycles. The Labute approximate surface area is 70.1 Å². The van der Waals surface area contributed by atoms with E-state index in [1.807, 2.05) is 5.92 Å². The fourth-order valence-corrected chi connectivity index (χ4v) is 1.28. The Bertz CT molecular complexity index is 267. The Hall–Kier alpha value is -1.43. The average molecular weight is 164 g/mol. The lowest BCUT2D eigenvalue weighted by atomic mass is 9.84. The molecule has 1 aliphatic carbocycles. The molecule has 0 heterocycles. The highest BCUT2D eigenvalue weighted by atomic mass is 16.2. The van der Waals surface area contributed by atoms with Gasteiger partial charge in [0.1, 0.15) is 5.92 Å². The lowest BCUT2D eigenvalue weighted by molar-refractivity contribution is -0.140. The van der Waals surface area contributed by atoms with Gasteiger partial charge in [-0.1, -0.05) is 0 Å². The maximum atomic E-state index is 11.1. The molecule has 0 aromatic heterocycles. The molecule has 0 amide bonds. The number of carbonyl (C=O) groups is 3. The van der Waals surface area contributed by atoms with E-state index in [0.29, 0.717) is 19.3 Å². The van der Waals surface area contributed by atoms with Gasteiger partial charge in [-0.05, 0) is 12.3 Å². The van der Waals surface area contributed by atoms with E-state index in [0.717, 1.165) is 0 Å². The highest BCUT2D eigenvalue weighted by Gasteiger charge is 2.34. The van der Waals surface area contributed by atoms with Gasteiger partial charge in [0, 0.05) is 12.8 Å². The van der Waals surface area contributed by atoms with E-state index in [1.54, 1.807) is 0 Å². The van der Waals surface area contributed by atoms with Crippen molar-refractivity contribution in [3.63, 3.8) is 0 Å². The van der Waals surface area contributed by atoms with E-state index in [4.69, 9.17) is 6.42 Å². The summed E-state index contributed by atoms with van der Waals surface area (Å²) in [5.74, 6) is -0.674. The van der Waals surface area contributed by atoms with Gasteiger partial charge in [0.15, 0.2) is 11.6 Å². The molecule has 12 heavy (non-hydrogen) atoms. The second-order valence-electron chi connectivity index (χ2n) is 2.73. The van der Waals surface area contributed by atoms with Crippen LogP contribution in [-0.2, 0) is 14.4 Å². The zero-order chi connectivity index (χ0) is 9.14. The predicted molar refractivity (Wildman–Crippen MR) is 41.2 cm³/mol. The summed E-state index contributed by atoms with van der Waals surface area (Å²) in [6.07, 6.45) is 5.96. The van der Waals surface area contributed by atoms with Crippen LogP contribution in [0.15, 0.2) is 0 Å². The Balaban J connectivity index is 2.85. The standard InChI is InChI=1S/C9H8O3/c1-2-6(10)9-7(11)4-3-5-8(9)12/h1,9H,3-5H2. The number of hydrogen-bond donors (Lipinski definition) is 0. The van der Waals surface area contributed by atoms with Crippen molar-refractivity contribution in [1.29, 1.82) is 0 Å². The lowest BCUT2D eigenvalue weighted by Gasteiger charge is -2.15. The van der Waals surface area contributed by atoms with E-state index in [2.05, 4.69) is 0 Å². The maximum Gasteiger partial charge on any atom is 0.223 e. The second kappa shape index (κ2) is 3.31. The monoisotopic (exact) mass is 164 g/mol. The van der Waals surface area contributed by atoms with Gasteiger partial charge in [0.05, 0.1) is 0 Å². The predicted octanol–water partition coefficient (Wildman–Crippen LogP) is 0.127. The summed E-state index contributed by atoms with van der Waals surface area (Å²) >= 11 is 0. The first-order valence-electron chi connectivity index (χ1n) is 3.72. The third-order valence-corrected chi connectivity index (χ3v) is 1.89. The van der Waals surface area contributed by atoms with Crippen LogP contribution in [-0.4, -0.2) is 17.3 Å². The maximum absolute atomic E-state index is 11.1. The van der Waals surface area contributed by atoms with Crippen LogP contribution >= 0.6 is 0 Å². The molecule has 62 valence electrons. The number of hydrogen-bond acceptors (Lipinski definition) is 3. The number of ketones is 3. The van der Waals surface area contributed by atoms with Gasteiger partial charge in [0.25, 0.3) is 0 Å². The van der Waals surface area contributed by atoms with Crippen molar-refractivity contribution in [3.05, 3.63) is 0 Å². The molecule has 1 fully saturated rings. The third-order valence-electron chi connectivity index (χ3n) is 1.89. The summed E-state index contributed by atoms with van der Waals surface area (Å²) in [5, 5.41) is 0. The van der Waals surface area contributed by atoms with Gasteiger partial charge < -0.3 is 0 Å². The summed E-state index contributed by atoms with van der Waals surface area (Å²) in [6, 6.07) is 0. The van der Waals surface area contributed by atoms with Gasteiger partial charge >= 0.3 is 0 Å². The Kier molecular flexibility index (Phi) is 2.39. The molecule has 0 unspecified atom stereocenters. The highest BCUT2D eigenvalue weighted by Crippen LogP contribution is 2.17. The van der Waals surface area contributed by atoms with E-state index in [1.165, 1.54) is 0 Å². The minimum Gasteiger partial charge on any atom is -0.298 e. The average Bonchev–Trinajstić information content (AvgIpc) is 2.03. The third kappa shape index (κ3) is 1.42. The quantitative estimate of drug-likeness (QED) is 0.314. The fourth-order valence-electron chi connectivity index (χ4n) is 1.28. The number of terminal acetylenes is 1. The number of Topliss-reactive ketones (excluding diaryl/α,β-unsaturated/α-hetero) is 3. The lowest BCUT2D eigenvalue weighted by Crippen LogP contribution is -2.34. The zero-order valence-electron chi connectivity index (χ0n) is 6.50. The SMILES string of the molecule is C#CC(=O)C1C(=O)CCCC1=O. The molecule has 3 heteroatoms. The van der Waals surface area contributed by atoms with Crippen LogP contribution in [0, 0.1) is 18.3 Å². The number of carbonyl (C=O) groups excluding carboxylic acids is 3. The summed E-state index contributed by atoms with van der Waals surface area (Å²) in [7, 11) is 0. The first-order chi connectivity index (χ1) is 5.66. The Morgan fingerprint density at radius 2 is 1.83 bits per heavy atom. The molecule has 0 N–H and O–H groups in total. The normalized spacial score (nSPS) is 18.9. The molecule has 0 spiro atoms. The molecule has 0 atom stereocenters. The second-order valence-corrected chi connectivity index (χ2v) is 2.73. The summed E-state index contributed by atoms with van der Waals surface area (Å²) in [6.45, 7) is 0. The van der Waals surface area contributed by atoms with Crippen molar-refractivity contribution in [2.24, 2.45) is 5.92 Å². The van der Waals surface area contributed by atoms with Gasteiger partial charge in [-0.3, -0.25) is 14.4 Å². The fraction of sp³-hybridized carbons (Fsp3) is 0.444. The van der Waals surface area contributed by atoms with Crippen LogP contribution in [0.25, 0.3) is 0 Å². The van der Waals surface area contributed by atoms with E-state index in [-0.39, 0.29) is 11.6 Å². The minimum atomic E-state index is -1.15. The molecule has 1 saturated carbocycles. The first-order valence-corrected chi connectivity index (χ1v) is 3.72. The molecule has 0 radical (unpaired) electrons. The molecular weight excluding hydrogens is 156 g/mol. The van der Waals surface area contributed by atoms with Crippen molar-refractivity contribution in [2.75, 3.05) is 0 Å². The zero-order valence-corrected chi connectivity index (χ0v) is 6.50.